The van der Waals surface area contributed by atoms with Gasteiger partial charge in [-0.05, 0) is 30.4 Å². The van der Waals surface area contributed by atoms with Crippen molar-refractivity contribution < 1.29 is 23.4 Å². The Morgan fingerprint density at radius 3 is 3.12 bits per heavy atom. The number of ether oxygens (including phenoxy) is 3. The largest absolute Gasteiger partial charge is 0.468 e. The van der Waals surface area contributed by atoms with Crippen LogP contribution in [0.1, 0.15) is 0 Å². The third kappa shape index (κ3) is 3.44. The second-order valence-corrected chi connectivity index (χ2v) is 7.50. The number of hydrogen-bond donors (Lipinski definition) is 0. The van der Waals surface area contributed by atoms with E-state index in [1.165, 1.54) is 7.11 Å². The molecule has 0 radical (unpaired) electrons. The first-order valence-electron chi connectivity index (χ1n) is 8.04. The second-order valence-electron chi connectivity index (χ2n) is 5.84. The molecule has 1 aromatic carbocycles. The lowest BCUT2D eigenvalue weighted by Crippen LogP contribution is -2.42. The zero-order chi connectivity index (χ0) is 18.1. The average Bonchev–Trinajstić information content (AvgIpc) is 3.27. The highest BCUT2D eigenvalue weighted by atomic mass is 32.2. The van der Waals surface area contributed by atoms with Crippen LogP contribution in [0.5, 0.6) is 11.5 Å². The van der Waals surface area contributed by atoms with Gasteiger partial charge in [-0.2, -0.15) is 0 Å². The monoisotopic (exact) mass is 395 g/mol. The van der Waals surface area contributed by atoms with Gasteiger partial charge in [0.2, 0.25) is 12.7 Å². The number of hydrogen-bond acceptors (Lipinski definition) is 9. The number of fused-ring (bicyclic) bond motifs is 1. The molecule has 0 aliphatic carbocycles. The number of rotatable bonds is 4. The first kappa shape index (κ1) is 17.4. The number of carbonyl (C=O) groups is 1. The number of carbonyl (C=O) groups excluding carboxylic acids is 1. The lowest BCUT2D eigenvalue weighted by Gasteiger charge is -2.30. The molecule has 0 amide bonds. The molecule has 0 unspecified atom stereocenters. The minimum atomic E-state index is -0.204. The van der Waals surface area contributed by atoms with Gasteiger partial charge in [-0.15, -0.1) is 16.9 Å². The van der Waals surface area contributed by atoms with E-state index in [1.807, 2.05) is 18.2 Å². The number of thioether (sulfide) groups is 1. The molecular weight excluding hydrogens is 378 g/mol. The van der Waals surface area contributed by atoms with E-state index < -0.39 is 0 Å². The fraction of sp³-hybridized carbons (Fsp3) is 0.438. The fourth-order valence-corrected chi connectivity index (χ4v) is 4.21. The first-order valence-corrected chi connectivity index (χ1v) is 9.49. The Kier molecular flexibility index (Phi) is 4.88. The summed E-state index contributed by atoms with van der Waals surface area (Å²) in [5.74, 6) is 2.42. The number of nitrogens with zero attached hydrogens (tertiary/aromatic N) is 3. The van der Waals surface area contributed by atoms with E-state index in [9.17, 15) is 4.79 Å². The van der Waals surface area contributed by atoms with Crippen molar-refractivity contribution in [3.8, 4) is 23.0 Å². The second kappa shape index (κ2) is 7.29. The number of esters is 1. The molecule has 0 N–H and O–H groups in total. The Labute approximate surface area is 159 Å². The predicted molar refractivity (Wildman–Crippen MR) is 96.7 cm³/mol. The van der Waals surface area contributed by atoms with E-state index in [2.05, 4.69) is 10.00 Å². The first-order chi connectivity index (χ1) is 12.6. The van der Waals surface area contributed by atoms with Crippen LogP contribution in [0.3, 0.4) is 0 Å². The maximum Gasteiger partial charge on any atom is 0.320 e. The molecule has 1 fully saturated rings. The van der Waals surface area contributed by atoms with Gasteiger partial charge in [-0.3, -0.25) is 9.69 Å². The quantitative estimate of drug-likeness (QED) is 0.571. The summed E-state index contributed by atoms with van der Waals surface area (Å²) < 4.78 is 22.8. The summed E-state index contributed by atoms with van der Waals surface area (Å²) in [6.07, 6.45) is 0. The lowest BCUT2D eigenvalue weighted by molar-refractivity contribution is -0.140. The van der Waals surface area contributed by atoms with Gasteiger partial charge in [0, 0.05) is 24.4 Å². The minimum absolute atomic E-state index is 0.192. The zero-order valence-corrected chi connectivity index (χ0v) is 15.7. The zero-order valence-electron chi connectivity index (χ0n) is 14.0. The van der Waals surface area contributed by atoms with E-state index in [4.69, 9.17) is 30.8 Å². The smallest absolute Gasteiger partial charge is 0.320 e. The highest BCUT2D eigenvalue weighted by molar-refractivity contribution is 8.00. The van der Waals surface area contributed by atoms with Crippen LogP contribution in [-0.2, 0) is 16.2 Å². The van der Waals surface area contributed by atoms with Crippen LogP contribution in [0.15, 0.2) is 22.6 Å². The molecule has 138 valence electrons. The number of aromatic nitrogens is 2. The molecule has 0 bridgehead atoms. The van der Waals surface area contributed by atoms with E-state index in [0.29, 0.717) is 30.6 Å². The van der Waals surface area contributed by atoms with Crippen LogP contribution >= 0.6 is 24.0 Å². The lowest BCUT2D eigenvalue weighted by atomic mass is 10.2. The minimum Gasteiger partial charge on any atom is -0.468 e. The molecule has 0 saturated carbocycles. The summed E-state index contributed by atoms with van der Waals surface area (Å²) >= 11 is 6.91. The maximum absolute atomic E-state index is 11.8. The van der Waals surface area contributed by atoms with Crippen LogP contribution in [0.25, 0.3) is 11.5 Å². The van der Waals surface area contributed by atoms with Crippen molar-refractivity contribution >= 4 is 29.9 Å². The van der Waals surface area contributed by atoms with Gasteiger partial charge in [0.05, 0.1) is 13.8 Å². The molecular formula is C16H17N3O5S2. The van der Waals surface area contributed by atoms with Crippen LogP contribution in [0, 0.1) is 4.84 Å². The van der Waals surface area contributed by atoms with E-state index >= 15 is 0 Å². The highest BCUT2D eigenvalue weighted by Crippen LogP contribution is 2.35. The fourth-order valence-electron chi connectivity index (χ4n) is 2.84. The number of methoxy groups -OCH3 is 1. The standard InChI is InChI=1S/C16H17N3O5S2/c1-21-15(20)13-7-18(4-5-26-13)8-19-16(25)24-14(17-19)10-2-3-11-12(6-10)23-9-22-11/h2-3,6,13H,4-5,7-9H2,1H3/t13-/m0/s1. The number of benzene rings is 1. The summed E-state index contributed by atoms with van der Waals surface area (Å²) in [6, 6.07) is 5.49. The van der Waals surface area contributed by atoms with Gasteiger partial charge < -0.3 is 18.6 Å². The Morgan fingerprint density at radius 2 is 2.27 bits per heavy atom. The van der Waals surface area contributed by atoms with Gasteiger partial charge in [0.25, 0.3) is 4.84 Å². The van der Waals surface area contributed by atoms with E-state index in [0.717, 1.165) is 17.9 Å². The van der Waals surface area contributed by atoms with Gasteiger partial charge in [0.15, 0.2) is 11.5 Å². The van der Waals surface area contributed by atoms with Gasteiger partial charge in [-0.1, -0.05) is 0 Å². The Hall–Kier alpha value is -2.04. The van der Waals surface area contributed by atoms with Crippen molar-refractivity contribution in [2.45, 2.75) is 11.9 Å². The van der Waals surface area contributed by atoms with Crippen molar-refractivity contribution in [3.63, 3.8) is 0 Å². The maximum atomic E-state index is 11.8. The van der Waals surface area contributed by atoms with E-state index in [-0.39, 0.29) is 22.8 Å². The Bertz CT molecular complexity index is 881. The van der Waals surface area contributed by atoms with Gasteiger partial charge in [-0.25, -0.2) is 4.68 Å². The molecule has 3 heterocycles. The molecule has 0 spiro atoms. The Balaban J connectivity index is 1.50. The van der Waals surface area contributed by atoms with Crippen LogP contribution in [0.4, 0.5) is 0 Å². The van der Waals surface area contributed by atoms with E-state index in [1.54, 1.807) is 16.4 Å². The van der Waals surface area contributed by atoms with Crippen molar-refractivity contribution in [3.05, 3.63) is 23.0 Å². The van der Waals surface area contributed by atoms with Crippen molar-refractivity contribution in [1.82, 2.24) is 14.7 Å². The molecule has 2 aliphatic rings. The van der Waals surface area contributed by atoms with Crippen LogP contribution in [-0.4, -0.2) is 58.6 Å². The molecule has 10 heteroatoms. The molecule has 4 rings (SSSR count). The van der Waals surface area contributed by atoms with Crippen molar-refractivity contribution in [1.29, 1.82) is 0 Å². The molecule has 8 nitrogen and oxygen atoms in total. The third-order valence-corrected chi connectivity index (χ3v) is 5.63. The predicted octanol–water partition coefficient (Wildman–Crippen LogP) is 2.15. The molecule has 2 aliphatic heterocycles. The summed E-state index contributed by atoms with van der Waals surface area (Å²) in [6.45, 7) is 2.10. The van der Waals surface area contributed by atoms with Crippen LogP contribution < -0.4 is 9.47 Å². The summed E-state index contributed by atoms with van der Waals surface area (Å²) in [7, 11) is 1.41. The van der Waals surface area contributed by atoms with Crippen molar-refractivity contribution in [2.75, 3.05) is 32.7 Å². The van der Waals surface area contributed by atoms with Crippen molar-refractivity contribution in [2.24, 2.45) is 0 Å². The normalized spacial score (nSPS) is 19.5. The van der Waals surface area contributed by atoms with Gasteiger partial charge in [0.1, 0.15) is 5.25 Å². The molecule has 1 saturated heterocycles. The SMILES string of the molecule is COC(=O)[C@@H]1CN(Cn2nc(-c3ccc4c(c3)OCO4)oc2=S)CCS1. The molecule has 26 heavy (non-hydrogen) atoms. The summed E-state index contributed by atoms with van der Waals surface area (Å²) in [5.41, 5.74) is 0.765. The summed E-state index contributed by atoms with van der Waals surface area (Å²) in [4.78, 5) is 14.2. The van der Waals surface area contributed by atoms with Crippen LogP contribution in [0.2, 0.25) is 0 Å². The highest BCUT2D eigenvalue weighted by Gasteiger charge is 2.27. The topological polar surface area (TPSA) is 79.0 Å². The van der Waals surface area contributed by atoms with Gasteiger partial charge >= 0.3 is 5.97 Å². The molecule has 1 atom stereocenters. The molecule has 2 aromatic rings. The Morgan fingerprint density at radius 1 is 1.42 bits per heavy atom. The third-order valence-electron chi connectivity index (χ3n) is 4.17. The average molecular weight is 395 g/mol. The summed E-state index contributed by atoms with van der Waals surface area (Å²) in [5, 5.41) is 4.28. The molecule has 1 aromatic heterocycles.